The molecule has 2 N–H and O–H groups in total. The number of hydrogen-bond acceptors (Lipinski definition) is 3. The molecule has 0 amide bonds. The molecule has 0 radical (unpaired) electrons. The van der Waals surface area contributed by atoms with Crippen LogP contribution in [0.4, 0.5) is 0 Å². The Hall–Kier alpha value is -1.48. The van der Waals surface area contributed by atoms with Crippen LogP contribution in [0.1, 0.15) is 12.5 Å². The van der Waals surface area contributed by atoms with Gasteiger partial charge in [-0.05, 0) is 25.5 Å². The second-order valence-corrected chi connectivity index (χ2v) is 3.37. The third-order valence-electron chi connectivity index (χ3n) is 2.23. The van der Waals surface area contributed by atoms with Gasteiger partial charge in [-0.1, -0.05) is 17.7 Å². The Kier molecular flexibility index (Phi) is 4.18. The maximum absolute atomic E-state index is 9.64. The van der Waals surface area contributed by atoms with Gasteiger partial charge in [-0.25, -0.2) is 0 Å². The number of phenols is 1. The van der Waals surface area contributed by atoms with E-state index in [9.17, 15) is 5.11 Å². The fourth-order valence-corrected chi connectivity index (χ4v) is 1.29. The van der Waals surface area contributed by atoms with E-state index in [1.807, 2.05) is 13.0 Å². The molecule has 15 heavy (non-hydrogen) atoms. The molecule has 0 unspecified atom stereocenters. The van der Waals surface area contributed by atoms with Crippen molar-refractivity contribution in [3.63, 3.8) is 0 Å². The molecule has 0 aliphatic carbocycles. The minimum Gasteiger partial charge on any atom is -0.508 e. The summed E-state index contributed by atoms with van der Waals surface area (Å²) in [4.78, 5) is 0. The van der Waals surface area contributed by atoms with Crippen molar-refractivity contribution in [2.75, 3.05) is 13.7 Å². The van der Waals surface area contributed by atoms with Crippen LogP contribution in [0, 0.1) is 0 Å². The molecule has 0 saturated carbocycles. The van der Waals surface area contributed by atoms with Gasteiger partial charge in [0.25, 0.3) is 0 Å². The van der Waals surface area contributed by atoms with Gasteiger partial charge in [-0.2, -0.15) is 0 Å². The molecule has 0 atom stereocenters. The minimum atomic E-state index is 0.0376. The highest BCUT2D eigenvalue weighted by Crippen LogP contribution is 2.28. The van der Waals surface area contributed by atoms with Crippen LogP contribution < -0.4 is 4.74 Å². The number of phenolic OH excluding ortho intramolecular Hbond substituents is 1. The van der Waals surface area contributed by atoms with Gasteiger partial charge in [-0.3, -0.25) is 0 Å². The quantitative estimate of drug-likeness (QED) is 0.743. The predicted molar refractivity (Wildman–Crippen MR) is 59.2 cm³/mol. The van der Waals surface area contributed by atoms with Gasteiger partial charge in [0, 0.05) is 5.56 Å². The highest BCUT2D eigenvalue weighted by atomic mass is 16.5. The van der Waals surface area contributed by atoms with Crippen molar-refractivity contribution in [2.24, 2.45) is 0 Å². The van der Waals surface area contributed by atoms with Crippen molar-refractivity contribution in [3.8, 4) is 11.5 Å². The first-order valence-corrected chi connectivity index (χ1v) is 4.80. The second-order valence-electron chi connectivity index (χ2n) is 3.37. The standard InChI is InChI=1S/C12H16O3/c1-9(8-13)6-7-10-11(14)4-3-5-12(10)15-2/h3-6,13-14H,7-8H2,1-2H3/b9-6-. The van der Waals surface area contributed by atoms with E-state index in [0.29, 0.717) is 12.2 Å². The lowest BCUT2D eigenvalue weighted by Gasteiger charge is -2.08. The zero-order chi connectivity index (χ0) is 11.3. The van der Waals surface area contributed by atoms with Crippen LogP contribution in [0.5, 0.6) is 11.5 Å². The van der Waals surface area contributed by atoms with Crippen LogP contribution in [0.15, 0.2) is 29.8 Å². The van der Waals surface area contributed by atoms with E-state index < -0.39 is 0 Å². The molecule has 0 aromatic heterocycles. The van der Waals surface area contributed by atoms with Gasteiger partial charge in [0.1, 0.15) is 11.5 Å². The van der Waals surface area contributed by atoms with Crippen LogP contribution in [0.25, 0.3) is 0 Å². The van der Waals surface area contributed by atoms with E-state index in [-0.39, 0.29) is 12.4 Å². The topological polar surface area (TPSA) is 49.7 Å². The number of benzene rings is 1. The Morgan fingerprint density at radius 1 is 1.47 bits per heavy atom. The Bertz CT molecular complexity index is 356. The molecule has 0 saturated heterocycles. The number of aromatic hydroxyl groups is 1. The largest absolute Gasteiger partial charge is 0.508 e. The maximum atomic E-state index is 9.64. The van der Waals surface area contributed by atoms with Crippen LogP contribution in [-0.2, 0) is 6.42 Å². The third-order valence-corrected chi connectivity index (χ3v) is 2.23. The Balaban J connectivity index is 2.92. The summed E-state index contributed by atoms with van der Waals surface area (Å²) in [6.07, 6.45) is 2.43. The molecule has 82 valence electrons. The van der Waals surface area contributed by atoms with Crippen molar-refractivity contribution in [3.05, 3.63) is 35.4 Å². The Morgan fingerprint density at radius 3 is 2.80 bits per heavy atom. The van der Waals surface area contributed by atoms with E-state index >= 15 is 0 Å². The average Bonchev–Trinajstić information content (AvgIpc) is 2.26. The van der Waals surface area contributed by atoms with Crippen LogP contribution in [-0.4, -0.2) is 23.9 Å². The fourth-order valence-electron chi connectivity index (χ4n) is 1.29. The SMILES string of the molecule is COc1cccc(O)c1C/C=C(/C)CO. The van der Waals surface area contributed by atoms with Crippen molar-refractivity contribution in [2.45, 2.75) is 13.3 Å². The zero-order valence-corrected chi connectivity index (χ0v) is 9.03. The lowest BCUT2D eigenvalue weighted by atomic mass is 10.1. The molecule has 0 heterocycles. The summed E-state index contributed by atoms with van der Waals surface area (Å²) in [6, 6.07) is 5.16. The zero-order valence-electron chi connectivity index (χ0n) is 9.03. The average molecular weight is 208 g/mol. The fraction of sp³-hybridized carbons (Fsp3) is 0.333. The summed E-state index contributed by atoms with van der Waals surface area (Å²) >= 11 is 0. The molecule has 0 spiro atoms. The van der Waals surface area contributed by atoms with Crippen LogP contribution in [0.3, 0.4) is 0 Å². The molecular formula is C12H16O3. The first-order valence-electron chi connectivity index (χ1n) is 4.80. The first-order chi connectivity index (χ1) is 7.19. The van der Waals surface area contributed by atoms with Crippen molar-refractivity contribution >= 4 is 0 Å². The number of rotatable bonds is 4. The van der Waals surface area contributed by atoms with Crippen LogP contribution >= 0.6 is 0 Å². The molecule has 1 rings (SSSR count). The summed E-state index contributed by atoms with van der Waals surface area (Å²) in [5.41, 5.74) is 1.62. The van der Waals surface area contributed by atoms with E-state index in [0.717, 1.165) is 11.1 Å². The summed E-state index contributed by atoms with van der Waals surface area (Å²) in [7, 11) is 1.57. The summed E-state index contributed by atoms with van der Waals surface area (Å²) < 4.78 is 5.14. The monoisotopic (exact) mass is 208 g/mol. The Morgan fingerprint density at radius 2 is 2.20 bits per heavy atom. The number of aliphatic hydroxyl groups is 1. The van der Waals surface area contributed by atoms with Gasteiger partial charge in [0.15, 0.2) is 0 Å². The maximum Gasteiger partial charge on any atom is 0.126 e. The molecular weight excluding hydrogens is 192 g/mol. The number of ether oxygens (including phenoxy) is 1. The molecule has 1 aromatic rings. The van der Waals surface area contributed by atoms with Gasteiger partial charge >= 0.3 is 0 Å². The van der Waals surface area contributed by atoms with Gasteiger partial charge in [0.2, 0.25) is 0 Å². The highest BCUT2D eigenvalue weighted by Gasteiger charge is 2.06. The first kappa shape index (κ1) is 11.6. The van der Waals surface area contributed by atoms with E-state index in [4.69, 9.17) is 9.84 Å². The van der Waals surface area contributed by atoms with Gasteiger partial charge in [-0.15, -0.1) is 0 Å². The van der Waals surface area contributed by atoms with Gasteiger partial charge < -0.3 is 14.9 Å². The lowest BCUT2D eigenvalue weighted by molar-refractivity contribution is 0.331. The van der Waals surface area contributed by atoms with Crippen LogP contribution in [0.2, 0.25) is 0 Å². The molecule has 1 aromatic carbocycles. The molecule has 3 nitrogen and oxygen atoms in total. The number of methoxy groups -OCH3 is 1. The smallest absolute Gasteiger partial charge is 0.126 e. The molecule has 0 fully saturated rings. The van der Waals surface area contributed by atoms with Crippen molar-refractivity contribution in [1.82, 2.24) is 0 Å². The van der Waals surface area contributed by atoms with E-state index in [1.165, 1.54) is 0 Å². The number of hydrogen-bond donors (Lipinski definition) is 2. The molecule has 3 heteroatoms. The number of aliphatic hydroxyl groups excluding tert-OH is 1. The summed E-state index contributed by atoms with van der Waals surface area (Å²) in [5.74, 6) is 0.883. The van der Waals surface area contributed by atoms with Crippen molar-refractivity contribution in [1.29, 1.82) is 0 Å². The van der Waals surface area contributed by atoms with E-state index in [2.05, 4.69) is 0 Å². The third kappa shape index (κ3) is 2.99. The lowest BCUT2D eigenvalue weighted by Crippen LogP contribution is -1.93. The summed E-state index contributed by atoms with van der Waals surface area (Å²) in [5, 5.41) is 18.5. The second kappa shape index (κ2) is 5.41. The molecule has 0 aliphatic heterocycles. The predicted octanol–water partition coefficient (Wildman–Crippen LogP) is 1.88. The normalized spacial score (nSPS) is 11.5. The number of allylic oxidation sites excluding steroid dienone is 1. The highest BCUT2D eigenvalue weighted by molar-refractivity contribution is 5.45. The Labute approximate surface area is 89.6 Å². The minimum absolute atomic E-state index is 0.0376. The van der Waals surface area contributed by atoms with E-state index in [1.54, 1.807) is 25.3 Å². The van der Waals surface area contributed by atoms with Gasteiger partial charge in [0.05, 0.1) is 13.7 Å². The molecule has 0 bridgehead atoms. The summed E-state index contributed by atoms with van der Waals surface area (Å²) in [6.45, 7) is 1.88. The molecule has 0 aliphatic rings. The van der Waals surface area contributed by atoms with Crippen molar-refractivity contribution < 1.29 is 14.9 Å².